The van der Waals surface area contributed by atoms with Crippen molar-refractivity contribution < 1.29 is 14.3 Å². The molecule has 1 heterocycles. The van der Waals surface area contributed by atoms with Crippen LogP contribution < -0.4 is 10.6 Å². The molecule has 1 fully saturated rings. The van der Waals surface area contributed by atoms with Gasteiger partial charge in [-0.1, -0.05) is 29.8 Å². The van der Waals surface area contributed by atoms with E-state index < -0.39 is 0 Å². The van der Waals surface area contributed by atoms with Gasteiger partial charge in [-0.2, -0.15) is 0 Å². The first-order valence-corrected chi connectivity index (χ1v) is 10.2. The highest BCUT2D eigenvalue weighted by atomic mass is 16.5. The van der Waals surface area contributed by atoms with E-state index in [1.165, 1.54) is 5.56 Å². The average Bonchev–Trinajstić information content (AvgIpc) is 2.70. The van der Waals surface area contributed by atoms with Crippen molar-refractivity contribution in [3.05, 3.63) is 64.2 Å². The number of hydrogen-bond donors (Lipinski definition) is 2. The van der Waals surface area contributed by atoms with Crippen LogP contribution in [0.1, 0.15) is 51.9 Å². The van der Waals surface area contributed by atoms with Crippen molar-refractivity contribution in [3.63, 3.8) is 0 Å². The SMILES string of the molecule is Cc1ccc(C)c(CNC(=O)c2ccc(C)c(NC(=O)CC3CCCOC3)c2)c1. The fourth-order valence-corrected chi connectivity index (χ4v) is 3.60. The van der Waals surface area contributed by atoms with Gasteiger partial charge in [0.2, 0.25) is 5.91 Å². The van der Waals surface area contributed by atoms with E-state index in [0.29, 0.717) is 30.8 Å². The van der Waals surface area contributed by atoms with E-state index in [0.717, 1.165) is 36.1 Å². The zero-order valence-electron chi connectivity index (χ0n) is 17.5. The van der Waals surface area contributed by atoms with Crippen LogP contribution in [0, 0.1) is 26.7 Å². The number of carbonyl (C=O) groups is 2. The first-order valence-electron chi connectivity index (χ1n) is 10.2. The van der Waals surface area contributed by atoms with Gasteiger partial charge in [0.05, 0.1) is 0 Å². The molecule has 5 nitrogen and oxygen atoms in total. The topological polar surface area (TPSA) is 67.4 Å². The maximum absolute atomic E-state index is 12.6. The third-order valence-corrected chi connectivity index (χ3v) is 5.45. The molecular formula is C24H30N2O3. The van der Waals surface area contributed by atoms with Crippen molar-refractivity contribution in [2.75, 3.05) is 18.5 Å². The summed E-state index contributed by atoms with van der Waals surface area (Å²) in [5.74, 6) is 0.0896. The Morgan fingerprint density at radius 2 is 1.86 bits per heavy atom. The largest absolute Gasteiger partial charge is 0.381 e. The van der Waals surface area contributed by atoms with Gasteiger partial charge in [-0.15, -0.1) is 0 Å². The second-order valence-corrected chi connectivity index (χ2v) is 7.98. The highest BCUT2D eigenvalue weighted by Crippen LogP contribution is 2.21. The molecule has 1 atom stereocenters. The fourth-order valence-electron chi connectivity index (χ4n) is 3.60. The predicted molar refractivity (Wildman–Crippen MR) is 115 cm³/mol. The lowest BCUT2D eigenvalue weighted by Crippen LogP contribution is -2.25. The number of benzene rings is 2. The highest BCUT2D eigenvalue weighted by Gasteiger charge is 2.18. The van der Waals surface area contributed by atoms with E-state index in [4.69, 9.17) is 4.74 Å². The standard InChI is InChI=1S/C24H30N2O3/c1-16-6-7-17(2)21(11-16)14-25-24(28)20-9-8-18(3)22(13-20)26-23(27)12-19-5-4-10-29-15-19/h6-9,11,13,19H,4-5,10,12,14-15H2,1-3H3,(H,25,28)(H,26,27). The summed E-state index contributed by atoms with van der Waals surface area (Å²) in [6.45, 7) is 7.92. The number of aryl methyl sites for hydroxylation is 3. The lowest BCUT2D eigenvalue weighted by Gasteiger charge is -2.21. The molecule has 154 valence electrons. The summed E-state index contributed by atoms with van der Waals surface area (Å²) in [7, 11) is 0. The molecule has 2 aromatic rings. The van der Waals surface area contributed by atoms with Gasteiger partial charge in [-0.3, -0.25) is 9.59 Å². The van der Waals surface area contributed by atoms with Crippen molar-refractivity contribution in [2.24, 2.45) is 5.92 Å². The monoisotopic (exact) mass is 394 g/mol. The molecule has 1 unspecified atom stereocenters. The van der Waals surface area contributed by atoms with Gasteiger partial charge in [0, 0.05) is 37.4 Å². The smallest absolute Gasteiger partial charge is 0.251 e. The Kier molecular flexibility index (Phi) is 7.04. The molecule has 0 spiro atoms. The molecule has 29 heavy (non-hydrogen) atoms. The van der Waals surface area contributed by atoms with E-state index in [-0.39, 0.29) is 17.7 Å². The second-order valence-electron chi connectivity index (χ2n) is 7.98. The molecule has 0 bridgehead atoms. The maximum Gasteiger partial charge on any atom is 0.251 e. The number of hydrogen-bond acceptors (Lipinski definition) is 3. The van der Waals surface area contributed by atoms with Crippen molar-refractivity contribution in [3.8, 4) is 0 Å². The molecule has 5 heteroatoms. The molecule has 2 aromatic carbocycles. The lowest BCUT2D eigenvalue weighted by atomic mass is 9.98. The zero-order chi connectivity index (χ0) is 20.8. The highest BCUT2D eigenvalue weighted by molar-refractivity contribution is 5.97. The summed E-state index contributed by atoms with van der Waals surface area (Å²) in [6.07, 6.45) is 2.47. The molecule has 3 rings (SSSR count). The predicted octanol–water partition coefficient (Wildman–Crippen LogP) is 4.30. The number of nitrogens with one attached hydrogen (secondary N) is 2. The molecule has 1 aliphatic heterocycles. The molecular weight excluding hydrogens is 364 g/mol. The van der Waals surface area contributed by atoms with Crippen LogP contribution in [0.15, 0.2) is 36.4 Å². The van der Waals surface area contributed by atoms with Crippen LogP contribution in [0.25, 0.3) is 0 Å². The van der Waals surface area contributed by atoms with Crippen molar-refractivity contribution in [1.82, 2.24) is 5.32 Å². The van der Waals surface area contributed by atoms with Gasteiger partial charge in [-0.05, 0) is 68.4 Å². The lowest BCUT2D eigenvalue weighted by molar-refractivity contribution is -0.118. The van der Waals surface area contributed by atoms with Crippen LogP contribution in [0.3, 0.4) is 0 Å². The van der Waals surface area contributed by atoms with Gasteiger partial charge < -0.3 is 15.4 Å². The third-order valence-electron chi connectivity index (χ3n) is 5.45. The Morgan fingerprint density at radius 3 is 2.62 bits per heavy atom. The normalized spacial score (nSPS) is 16.3. The van der Waals surface area contributed by atoms with Crippen LogP contribution in [-0.2, 0) is 16.1 Å². The van der Waals surface area contributed by atoms with Gasteiger partial charge in [0.25, 0.3) is 5.91 Å². The van der Waals surface area contributed by atoms with E-state index in [1.54, 1.807) is 12.1 Å². The number of anilines is 1. The molecule has 0 aromatic heterocycles. The van der Waals surface area contributed by atoms with E-state index in [9.17, 15) is 9.59 Å². The Hall–Kier alpha value is -2.66. The minimum Gasteiger partial charge on any atom is -0.381 e. The van der Waals surface area contributed by atoms with Crippen LogP contribution in [0.5, 0.6) is 0 Å². The Balaban J connectivity index is 1.62. The number of ether oxygens (including phenoxy) is 1. The van der Waals surface area contributed by atoms with Gasteiger partial charge in [0.1, 0.15) is 0 Å². The summed E-state index contributed by atoms with van der Waals surface area (Å²) in [6, 6.07) is 11.6. The number of rotatable bonds is 6. The first-order chi connectivity index (χ1) is 13.9. The average molecular weight is 395 g/mol. The molecule has 0 saturated carbocycles. The van der Waals surface area contributed by atoms with Crippen molar-refractivity contribution >= 4 is 17.5 Å². The molecule has 0 radical (unpaired) electrons. The van der Waals surface area contributed by atoms with Crippen molar-refractivity contribution in [1.29, 1.82) is 0 Å². The summed E-state index contributed by atoms with van der Waals surface area (Å²) in [5.41, 5.74) is 5.59. The number of amides is 2. The summed E-state index contributed by atoms with van der Waals surface area (Å²) >= 11 is 0. The maximum atomic E-state index is 12.6. The third kappa shape index (κ3) is 5.91. The summed E-state index contributed by atoms with van der Waals surface area (Å²) in [5, 5.41) is 5.95. The van der Waals surface area contributed by atoms with Gasteiger partial charge >= 0.3 is 0 Å². The molecule has 2 amide bonds. The van der Waals surface area contributed by atoms with Gasteiger partial charge in [0.15, 0.2) is 0 Å². The van der Waals surface area contributed by atoms with Crippen LogP contribution >= 0.6 is 0 Å². The summed E-state index contributed by atoms with van der Waals surface area (Å²) in [4.78, 5) is 25.1. The quantitative estimate of drug-likeness (QED) is 0.768. The van der Waals surface area contributed by atoms with Crippen LogP contribution in [0.4, 0.5) is 5.69 Å². The Morgan fingerprint density at radius 1 is 1.07 bits per heavy atom. The fraction of sp³-hybridized carbons (Fsp3) is 0.417. The Bertz CT molecular complexity index is 886. The molecule has 1 aliphatic rings. The molecule has 0 aliphatic carbocycles. The van der Waals surface area contributed by atoms with E-state index >= 15 is 0 Å². The summed E-state index contributed by atoms with van der Waals surface area (Å²) < 4.78 is 5.45. The first kappa shape index (κ1) is 21.1. The van der Waals surface area contributed by atoms with E-state index in [1.807, 2.05) is 26.8 Å². The molecule has 1 saturated heterocycles. The van der Waals surface area contributed by atoms with Crippen molar-refractivity contribution in [2.45, 2.75) is 46.6 Å². The minimum atomic E-state index is -0.151. The van der Waals surface area contributed by atoms with Crippen LogP contribution in [-0.4, -0.2) is 25.0 Å². The Labute approximate surface area is 172 Å². The minimum absolute atomic E-state index is 0.0310. The molecule has 2 N–H and O–H groups in total. The second kappa shape index (κ2) is 9.70. The van der Waals surface area contributed by atoms with Gasteiger partial charge in [-0.25, -0.2) is 0 Å². The van der Waals surface area contributed by atoms with Crippen LogP contribution in [0.2, 0.25) is 0 Å². The zero-order valence-corrected chi connectivity index (χ0v) is 17.5. The van der Waals surface area contributed by atoms with E-state index in [2.05, 4.69) is 28.8 Å². The number of carbonyl (C=O) groups excluding carboxylic acids is 2.